The first-order valence-corrected chi connectivity index (χ1v) is 11.1. The number of hydrogen-bond donors (Lipinski definition) is 1. The quantitative estimate of drug-likeness (QED) is 0.281. The molecule has 3 aromatic rings. The highest BCUT2D eigenvalue weighted by molar-refractivity contribution is 7.89. The lowest BCUT2D eigenvalue weighted by atomic mass is 10.2. The van der Waals surface area contributed by atoms with Gasteiger partial charge in [0.2, 0.25) is 0 Å². The molecule has 3 rings (SSSR count). The molecule has 0 saturated heterocycles. The van der Waals surface area contributed by atoms with Crippen molar-refractivity contribution in [1.82, 2.24) is 4.83 Å². The molecule has 0 aliphatic heterocycles. The van der Waals surface area contributed by atoms with Gasteiger partial charge in [0.1, 0.15) is 6.61 Å². The van der Waals surface area contributed by atoms with Crippen LogP contribution in [0.1, 0.15) is 18.1 Å². The van der Waals surface area contributed by atoms with Gasteiger partial charge in [-0.1, -0.05) is 18.2 Å². The Morgan fingerprint density at radius 2 is 1.72 bits per heavy atom. The summed E-state index contributed by atoms with van der Waals surface area (Å²) < 4.78 is 35.8. The van der Waals surface area contributed by atoms with Gasteiger partial charge in [-0.3, -0.25) is 10.1 Å². The van der Waals surface area contributed by atoms with Crippen molar-refractivity contribution in [3.05, 3.63) is 94.0 Å². The summed E-state index contributed by atoms with van der Waals surface area (Å²) in [7, 11) is -3.75. The minimum Gasteiger partial charge on any atom is -0.490 e. The van der Waals surface area contributed by atoms with E-state index in [0.717, 1.165) is 5.56 Å². The van der Waals surface area contributed by atoms with Crippen LogP contribution in [-0.2, 0) is 16.6 Å². The first kappa shape index (κ1) is 22.8. The van der Waals surface area contributed by atoms with Gasteiger partial charge in [-0.2, -0.15) is 13.5 Å². The number of hydrogen-bond acceptors (Lipinski definition) is 7. The van der Waals surface area contributed by atoms with E-state index in [1.807, 2.05) is 6.92 Å². The zero-order chi connectivity index (χ0) is 23.0. The van der Waals surface area contributed by atoms with Crippen molar-refractivity contribution in [2.45, 2.75) is 18.4 Å². The summed E-state index contributed by atoms with van der Waals surface area (Å²) in [5, 5.41) is 14.6. The maximum atomic E-state index is 12.2. The SMILES string of the molecule is CCOc1cc(/C=N\NS(=O)(=O)c2ccccc2)ccc1OCc1ccc([N+](=O)[O-])cc1. The van der Waals surface area contributed by atoms with Crippen LogP contribution in [0.2, 0.25) is 0 Å². The summed E-state index contributed by atoms with van der Waals surface area (Å²) in [4.78, 5) is 12.6. The number of nitrogens with one attached hydrogen (secondary N) is 1. The zero-order valence-corrected chi connectivity index (χ0v) is 18.0. The lowest BCUT2D eigenvalue weighted by Crippen LogP contribution is -2.18. The second-order valence-electron chi connectivity index (χ2n) is 6.52. The van der Waals surface area contributed by atoms with E-state index in [9.17, 15) is 18.5 Å². The van der Waals surface area contributed by atoms with Gasteiger partial charge in [0, 0.05) is 12.1 Å². The van der Waals surface area contributed by atoms with E-state index in [1.165, 1.54) is 30.5 Å². The summed E-state index contributed by atoms with van der Waals surface area (Å²) in [6.07, 6.45) is 1.36. The summed E-state index contributed by atoms with van der Waals surface area (Å²) in [6.45, 7) is 2.42. The number of non-ortho nitro benzene ring substituents is 1. The molecule has 0 spiro atoms. The molecule has 9 nitrogen and oxygen atoms in total. The summed E-state index contributed by atoms with van der Waals surface area (Å²) in [5.41, 5.74) is 1.38. The molecular formula is C22H21N3O6S. The van der Waals surface area contributed by atoms with Crippen LogP contribution in [0.5, 0.6) is 11.5 Å². The highest BCUT2D eigenvalue weighted by Gasteiger charge is 2.12. The van der Waals surface area contributed by atoms with E-state index >= 15 is 0 Å². The molecule has 1 N–H and O–H groups in total. The highest BCUT2D eigenvalue weighted by Crippen LogP contribution is 2.29. The number of nitro benzene ring substituents is 1. The van der Waals surface area contributed by atoms with Gasteiger partial charge >= 0.3 is 0 Å². The second-order valence-corrected chi connectivity index (χ2v) is 8.18. The number of ether oxygens (including phenoxy) is 2. The Kier molecular flexibility index (Phi) is 7.40. The number of hydrazone groups is 1. The predicted octanol–water partition coefficient (Wildman–Crippen LogP) is 3.88. The van der Waals surface area contributed by atoms with Crippen molar-refractivity contribution in [1.29, 1.82) is 0 Å². The van der Waals surface area contributed by atoms with Crippen LogP contribution in [0.3, 0.4) is 0 Å². The van der Waals surface area contributed by atoms with Crippen LogP contribution in [0, 0.1) is 10.1 Å². The maximum Gasteiger partial charge on any atom is 0.276 e. The van der Waals surface area contributed by atoms with E-state index in [-0.39, 0.29) is 17.2 Å². The van der Waals surface area contributed by atoms with Gasteiger partial charge in [0.15, 0.2) is 11.5 Å². The van der Waals surface area contributed by atoms with Crippen molar-refractivity contribution in [3.8, 4) is 11.5 Å². The Balaban J connectivity index is 1.68. The van der Waals surface area contributed by atoms with Crippen LogP contribution in [-0.4, -0.2) is 26.2 Å². The molecule has 0 unspecified atom stereocenters. The number of rotatable bonds is 10. The van der Waals surface area contributed by atoms with Crippen LogP contribution < -0.4 is 14.3 Å². The Morgan fingerprint density at radius 1 is 1.00 bits per heavy atom. The predicted molar refractivity (Wildman–Crippen MR) is 119 cm³/mol. The van der Waals surface area contributed by atoms with Crippen LogP contribution >= 0.6 is 0 Å². The number of benzene rings is 3. The molecule has 0 saturated carbocycles. The monoisotopic (exact) mass is 455 g/mol. The van der Waals surface area contributed by atoms with Gasteiger partial charge < -0.3 is 9.47 Å². The van der Waals surface area contributed by atoms with Crippen LogP contribution in [0.4, 0.5) is 5.69 Å². The average molecular weight is 455 g/mol. The zero-order valence-electron chi connectivity index (χ0n) is 17.2. The molecular weight excluding hydrogens is 434 g/mol. The Morgan fingerprint density at radius 3 is 2.38 bits per heavy atom. The summed E-state index contributed by atoms with van der Waals surface area (Å²) in [5.74, 6) is 0.941. The first-order valence-electron chi connectivity index (χ1n) is 9.62. The van der Waals surface area contributed by atoms with Crippen molar-refractivity contribution >= 4 is 21.9 Å². The smallest absolute Gasteiger partial charge is 0.276 e. The van der Waals surface area contributed by atoms with Crippen molar-refractivity contribution in [3.63, 3.8) is 0 Å². The molecule has 0 radical (unpaired) electrons. The standard InChI is InChI=1S/C22H21N3O6S/c1-2-30-22-14-18(15-23-24-32(28,29)20-6-4-3-5-7-20)10-13-21(22)31-16-17-8-11-19(12-9-17)25(26)27/h3-15,24H,2,16H2,1H3/b23-15-. The number of sulfonamides is 1. The molecule has 0 aromatic heterocycles. The van der Waals surface area contributed by atoms with Gasteiger partial charge in [-0.25, -0.2) is 4.83 Å². The summed E-state index contributed by atoms with van der Waals surface area (Å²) in [6, 6.07) is 19.1. The third-order valence-corrected chi connectivity index (χ3v) is 5.49. The minimum atomic E-state index is -3.75. The fourth-order valence-corrected chi connectivity index (χ4v) is 3.50. The lowest BCUT2D eigenvalue weighted by Gasteiger charge is -2.12. The van der Waals surface area contributed by atoms with Gasteiger partial charge in [-0.05, 0) is 60.5 Å². The average Bonchev–Trinajstić information content (AvgIpc) is 2.79. The van der Waals surface area contributed by atoms with Crippen LogP contribution in [0.25, 0.3) is 0 Å². The molecule has 0 fully saturated rings. The third-order valence-electron chi connectivity index (χ3n) is 4.25. The Bertz CT molecular complexity index is 1200. The van der Waals surface area contributed by atoms with Crippen LogP contribution in [0.15, 0.2) is 82.8 Å². The molecule has 0 bridgehead atoms. The molecule has 0 atom stereocenters. The van der Waals surface area contributed by atoms with E-state index in [1.54, 1.807) is 48.5 Å². The number of nitrogens with zero attached hydrogens (tertiary/aromatic N) is 2. The van der Waals surface area contributed by atoms with Gasteiger partial charge in [0.05, 0.1) is 22.6 Å². The molecule has 32 heavy (non-hydrogen) atoms. The summed E-state index contributed by atoms with van der Waals surface area (Å²) >= 11 is 0. The fraction of sp³-hybridized carbons (Fsp3) is 0.136. The van der Waals surface area contributed by atoms with Crippen molar-refractivity contribution < 1.29 is 22.8 Å². The molecule has 0 aliphatic rings. The normalized spacial score (nSPS) is 11.3. The van der Waals surface area contributed by atoms with E-state index in [2.05, 4.69) is 9.93 Å². The molecule has 10 heteroatoms. The molecule has 0 heterocycles. The minimum absolute atomic E-state index is 0.00952. The fourth-order valence-electron chi connectivity index (χ4n) is 2.69. The lowest BCUT2D eigenvalue weighted by molar-refractivity contribution is -0.384. The van der Waals surface area contributed by atoms with Gasteiger partial charge in [0.25, 0.3) is 15.7 Å². The highest BCUT2D eigenvalue weighted by atomic mass is 32.2. The van der Waals surface area contributed by atoms with E-state index < -0.39 is 14.9 Å². The first-order chi connectivity index (χ1) is 15.4. The molecule has 0 aliphatic carbocycles. The van der Waals surface area contributed by atoms with Crippen molar-refractivity contribution in [2.75, 3.05) is 6.61 Å². The molecule has 166 valence electrons. The van der Waals surface area contributed by atoms with E-state index in [4.69, 9.17) is 9.47 Å². The van der Waals surface area contributed by atoms with E-state index in [0.29, 0.717) is 23.7 Å². The van der Waals surface area contributed by atoms with Gasteiger partial charge in [-0.15, -0.1) is 0 Å². The number of nitro groups is 1. The maximum absolute atomic E-state index is 12.2. The van der Waals surface area contributed by atoms with Crippen molar-refractivity contribution in [2.24, 2.45) is 5.10 Å². The second kappa shape index (κ2) is 10.4. The Hall–Kier alpha value is -3.92. The Labute approximate surface area is 185 Å². The topological polar surface area (TPSA) is 120 Å². The third kappa shape index (κ3) is 6.05. The largest absolute Gasteiger partial charge is 0.490 e. The molecule has 3 aromatic carbocycles. The molecule has 0 amide bonds.